The van der Waals surface area contributed by atoms with Crippen LogP contribution in [0.4, 0.5) is 4.39 Å². The standard InChI is InChI=1S/C23H31FN2O6.ClH/c1-14-9-23(13-30-11-20(27)26-23)19(25-14)10-31-16-7-5-15(6-8-16)22-17(24)3-2-4-18(22)32-12-21(28)29;/h2-4,14-16,19,25H,5-13H2,1H3,(H,26,27)(H,28,29);1H/t14-,15?,16?,19?,23?;/m1./s1. The number of aliphatic carboxylic acids is 1. The molecule has 184 valence electrons. The molecule has 2 aliphatic heterocycles. The van der Waals surface area contributed by atoms with Crippen molar-refractivity contribution >= 4 is 24.3 Å². The zero-order valence-corrected chi connectivity index (χ0v) is 19.5. The van der Waals surface area contributed by atoms with Crippen LogP contribution in [0, 0.1) is 5.82 Å². The summed E-state index contributed by atoms with van der Waals surface area (Å²) >= 11 is 0. The average molecular weight is 487 g/mol. The number of carbonyl (C=O) groups excluding carboxylic acids is 1. The van der Waals surface area contributed by atoms with Gasteiger partial charge >= 0.3 is 5.97 Å². The van der Waals surface area contributed by atoms with Gasteiger partial charge in [0.1, 0.15) is 18.2 Å². The Morgan fingerprint density at radius 1 is 1.30 bits per heavy atom. The van der Waals surface area contributed by atoms with Crippen molar-refractivity contribution < 1.29 is 33.3 Å². The molecule has 1 saturated carbocycles. The van der Waals surface area contributed by atoms with Gasteiger partial charge in [-0.2, -0.15) is 0 Å². The van der Waals surface area contributed by atoms with E-state index in [-0.39, 0.29) is 54.8 Å². The lowest BCUT2D eigenvalue weighted by atomic mass is 9.82. The Kier molecular flexibility index (Phi) is 8.55. The molecule has 1 aliphatic carbocycles. The summed E-state index contributed by atoms with van der Waals surface area (Å²) in [6.45, 7) is 2.64. The Bertz CT molecular complexity index is 850. The fraction of sp³-hybridized carbons (Fsp3) is 0.652. The normalized spacial score (nSPS) is 31.6. The van der Waals surface area contributed by atoms with Crippen molar-refractivity contribution in [1.82, 2.24) is 10.6 Å². The van der Waals surface area contributed by atoms with Crippen LogP contribution in [0.3, 0.4) is 0 Å². The smallest absolute Gasteiger partial charge is 0.341 e. The van der Waals surface area contributed by atoms with Crippen LogP contribution in [0.5, 0.6) is 5.75 Å². The van der Waals surface area contributed by atoms with Gasteiger partial charge < -0.3 is 30.0 Å². The Balaban J connectivity index is 0.00000306. The van der Waals surface area contributed by atoms with Crippen molar-refractivity contribution in [2.45, 2.75) is 68.7 Å². The number of hydrogen-bond donors (Lipinski definition) is 3. The fourth-order valence-electron chi connectivity index (χ4n) is 5.36. The quantitative estimate of drug-likeness (QED) is 0.543. The van der Waals surface area contributed by atoms with E-state index in [2.05, 4.69) is 17.6 Å². The molecule has 1 aromatic carbocycles. The minimum absolute atomic E-state index is 0. The van der Waals surface area contributed by atoms with Crippen molar-refractivity contribution in [2.75, 3.05) is 26.4 Å². The maximum absolute atomic E-state index is 14.6. The third-order valence-corrected chi connectivity index (χ3v) is 6.75. The minimum atomic E-state index is -1.09. The molecular weight excluding hydrogens is 455 g/mol. The number of amides is 1. The molecule has 0 radical (unpaired) electrons. The van der Waals surface area contributed by atoms with Gasteiger partial charge in [0.15, 0.2) is 6.61 Å². The summed E-state index contributed by atoms with van der Waals surface area (Å²) in [5.41, 5.74) is 0.0229. The van der Waals surface area contributed by atoms with Gasteiger partial charge in [-0.15, -0.1) is 12.4 Å². The molecule has 3 N–H and O–H groups in total. The molecule has 0 bridgehead atoms. The van der Waals surface area contributed by atoms with Gasteiger partial charge in [0.25, 0.3) is 0 Å². The van der Waals surface area contributed by atoms with Crippen molar-refractivity contribution in [3.05, 3.63) is 29.6 Å². The highest BCUT2D eigenvalue weighted by Gasteiger charge is 2.49. The first-order valence-corrected chi connectivity index (χ1v) is 11.3. The first-order chi connectivity index (χ1) is 15.4. The van der Waals surface area contributed by atoms with E-state index in [0.29, 0.717) is 24.5 Å². The molecule has 2 unspecified atom stereocenters. The van der Waals surface area contributed by atoms with Crippen LogP contribution in [0.2, 0.25) is 0 Å². The van der Waals surface area contributed by atoms with Crippen molar-refractivity contribution in [3.63, 3.8) is 0 Å². The van der Waals surface area contributed by atoms with Crippen molar-refractivity contribution in [2.24, 2.45) is 0 Å². The van der Waals surface area contributed by atoms with Gasteiger partial charge in [-0.3, -0.25) is 4.79 Å². The van der Waals surface area contributed by atoms with E-state index in [1.54, 1.807) is 6.07 Å². The molecule has 2 heterocycles. The lowest BCUT2D eigenvalue weighted by Gasteiger charge is -2.39. The summed E-state index contributed by atoms with van der Waals surface area (Å²) in [6.07, 6.45) is 3.86. The van der Waals surface area contributed by atoms with Gasteiger partial charge in [-0.05, 0) is 57.1 Å². The third-order valence-electron chi connectivity index (χ3n) is 6.75. The summed E-state index contributed by atoms with van der Waals surface area (Å²) in [7, 11) is 0. The van der Waals surface area contributed by atoms with Gasteiger partial charge in [-0.1, -0.05) is 6.07 Å². The van der Waals surface area contributed by atoms with Crippen LogP contribution in [0.1, 0.15) is 50.5 Å². The Morgan fingerprint density at radius 2 is 2.06 bits per heavy atom. The van der Waals surface area contributed by atoms with E-state index in [1.165, 1.54) is 12.1 Å². The van der Waals surface area contributed by atoms with Crippen LogP contribution < -0.4 is 15.4 Å². The van der Waals surface area contributed by atoms with E-state index >= 15 is 0 Å². The largest absolute Gasteiger partial charge is 0.482 e. The highest BCUT2D eigenvalue weighted by Crippen LogP contribution is 2.40. The van der Waals surface area contributed by atoms with Crippen LogP contribution in [0.15, 0.2) is 18.2 Å². The number of benzene rings is 1. The second kappa shape index (κ2) is 11.0. The molecule has 2 saturated heterocycles. The van der Waals surface area contributed by atoms with Gasteiger partial charge in [0, 0.05) is 11.6 Å². The summed E-state index contributed by atoms with van der Waals surface area (Å²) < 4.78 is 31.6. The average Bonchev–Trinajstić information content (AvgIpc) is 3.05. The number of hydrogen-bond acceptors (Lipinski definition) is 6. The van der Waals surface area contributed by atoms with Gasteiger partial charge in [0.2, 0.25) is 5.91 Å². The van der Waals surface area contributed by atoms with E-state index in [9.17, 15) is 14.0 Å². The Morgan fingerprint density at radius 3 is 2.76 bits per heavy atom. The number of rotatable bonds is 7. The van der Waals surface area contributed by atoms with Crippen LogP contribution >= 0.6 is 12.4 Å². The Labute approximate surface area is 198 Å². The molecule has 0 aromatic heterocycles. The van der Waals surface area contributed by atoms with E-state index in [1.807, 2.05) is 0 Å². The highest BCUT2D eigenvalue weighted by atomic mass is 35.5. The molecular formula is C23H32ClFN2O6. The lowest BCUT2D eigenvalue weighted by molar-refractivity contribution is -0.139. The fourth-order valence-corrected chi connectivity index (χ4v) is 5.36. The SMILES string of the molecule is C[C@@H]1CC2(COCC(=O)N2)C(COC2CCC(c3c(F)cccc3OCC(=O)O)CC2)N1.Cl. The van der Waals surface area contributed by atoms with Gasteiger partial charge in [0.05, 0.1) is 30.9 Å². The summed E-state index contributed by atoms with van der Waals surface area (Å²) in [6, 6.07) is 4.77. The number of halogens is 2. The van der Waals surface area contributed by atoms with Crippen LogP contribution in [-0.2, 0) is 19.1 Å². The molecule has 3 atom stereocenters. The van der Waals surface area contributed by atoms with Crippen LogP contribution in [0.25, 0.3) is 0 Å². The molecule has 10 heteroatoms. The number of nitrogens with one attached hydrogen (secondary N) is 2. The molecule has 3 aliphatic rings. The van der Waals surface area contributed by atoms with Gasteiger partial charge in [-0.25, -0.2) is 9.18 Å². The molecule has 1 aromatic rings. The predicted octanol–water partition coefficient (Wildman–Crippen LogP) is 2.39. The molecule has 1 amide bonds. The maximum atomic E-state index is 14.6. The number of carboxylic acid groups (broad SMARTS) is 1. The molecule has 8 nitrogen and oxygen atoms in total. The predicted molar refractivity (Wildman–Crippen MR) is 120 cm³/mol. The number of morpholine rings is 1. The van der Waals surface area contributed by atoms with Crippen molar-refractivity contribution in [3.8, 4) is 5.75 Å². The van der Waals surface area contributed by atoms with Crippen LogP contribution in [-0.4, -0.2) is 67.1 Å². The molecule has 1 spiro atoms. The van der Waals surface area contributed by atoms with E-state index in [0.717, 1.165) is 32.1 Å². The third kappa shape index (κ3) is 5.95. The van der Waals surface area contributed by atoms with Crippen molar-refractivity contribution in [1.29, 1.82) is 0 Å². The lowest BCUT2D eigenvalue weighted by Crippen LogP contribution is -2.64. The summed E-state index contributed by atoms with van der Waals surface area (Å²) in [5, 5.41) is 15.5. The minimum Gasteiger partial charge on any atom is -0.482 e. The number of carbonyl (C=O) groups is 2. The molecule has 3 fully saturated rings. The topological polar surface area (TPSA) is 106 Å². The van der Waals surface area contributed by atoms with E-state index in [4.69, 9.17) is 19.3 Å². The molecule has 4 rings (SSSR count). The zero-order chi connectivity index (χ0) is 22.7. The maximum Gasteiger partial charge on any atom is 0.341 e. The first-order valence-electron chi connectivity index (χ1n) is 11.3. The van der Waals surface area contributed by atoms with E-state index < -0.39 is 18.1 Å². The second-order valence-electron chi connectivity index (χ2n) is 9.16. The second-order valence-corrected chi connectivity index (χ2v) is 9.16. The summed E-state index contributed by atoms with van der Waals surface area (Å²) in [5.74, 6) is -1.29. The Hall–Kier alpha value is -1.94. The highest BCUT2D eigenvalue weighted by molar-refractivity contribution is 5.85. The number of ether oxygens (including phenoxy) is 3. The first kappa shape index (κ1) is 25.7. The number of carboxylic acids is 1. The monoisotopic (exact) mass is 486 g/mol. The zero-order valence-electron chi connectivity index (χ0n) is 18.7. The molecule has 33 heavy (non-hydrogen) atoms. The summed E-state index contributed by atoms with van der Waals surface area (Å²) in [4.78, 5) is 22.8.